The van der Waals surface area contributed by atoms with Gasteiger partial charge in [0.15, 0.2) is 0 Å². The number of alkyl halides is 2. The predicted molar refractivity (Wildman–Crippen MR) is 142 cm³/mol. The molecule has 0 amide bonds. The summed E-state index contributed by atoms with van der Waals surface area (Å²) in [6, 6.07) is 22.9. The Bertz CT molecular complexity index is 1210. The minimum atomic E-state index is -0.987. The summed E-state index contributed by atoms with van der Waals surface area (Å²) >= 11 is 6.27. The Kier molecular flexibility index (Phi) is 7.36. The number of benzene rings is 3. The highest BCUT2D eigenvalue weighted by atomic mass is 35.5. The van der Waals surface area contributed by atoms with Gasteiger partial charge in [0.05, 0.1) is 6.67 Å². The van der Waals surface area contributed by atoms with Gasteiger partial charge >= 0.3 is 0 Å². The highest BCUT2D eigenvalue weighted by Crippen LogP contribution is 2.42. The van der Waals surface area contributed by atoms with Crippen molar-refractivity contribution in [2.75, 3.05) is 26.3 Å². The van der Waals surface area contributed by atoms with Gasteiger partial charge in [-0.05, 0) is 89.3 Å². The van der Waals surface area contributed by atoms with Crippen LogP contribution in [0.3, 0.4) is 0 Å². The summed E-state index contributed by atoms with van der Waals surface area (Å²) in [5.74, 6) is -0.00874. The molecule has 0 aromatic heterocycles. The quantitative estimate of drug-likeness (QED) is 0.321. The SMILES string of the molecule is Cc1cc(Cl)ccc1C1=C(c2ccc(C(F)C3CN(CCCF)C3)cc2)c2ccccc2CCC1. The summed E-state index contributed by atoms with van der Waals surface area (Å²) in [6.07, 6.45) is 2.66. The van der Waals surface area contributed by atoms with E-state index in [4.69, 9.17) is 11.6 Å². The lowest BCUT2D eigenvalue weighted by Gasteiger charge is -2.41. The molecule has 35 heavy (non-hydrogen) atoms. The van der Waals surface area contributed by atoms with Crippen LogP contribution in [0.2, 0.25) is 5.02 Å². The molecule has 5 rings (SSSR count). The van der Waals surface area contributed by atoms with Crippen molar-refractivity contribution in [3.05, 3.63) is 105 Å². The van der Waals surface area contributed by atoms with Crippen LogP contribution in [-0.2, 0) is 6.42 Å². The molecular formula is C31H32ClF2N. The van der Waals surface area contributed by atoms with Crippen LogP contribution in [0, 0.1) is 12.8 Å². The van der Waals surface area contributed by atoms with E-state index in [1.165, 1.54) is 33.4 Å². The summed E-state index contributed by atoms with van der Waals surface area (Å²) in [4.78, 5) is 2.14. The maximum Gasteiger partial charge on any atom is 0.130 e. The van der Waals surface area contributed by atoms with E-state index in [-0.39, 0.29) is 12.6 Å². The topological polar surface area (TPSA) is 3.24 Å². The van der Waals surface area contributed by atoms with Gasteiger partial charge in [0.2, 0.25) is 0 Å². The molecule has 0 bridgehead atoms. The molecule has 1 fully saturated rings. The Morgan fingerprint density at radius 3 is 2.49 bits per heavy atom. The molecule has 0 spiro atoms. The largest absolute Gasteiger partial charge is 0.302 e. The van der Waals surface area contributed by atoms with Crippen LogP contribution in [0.5, 0.6) is 0 Å². The Hall–Kier alpha value is -2.49. The second-order valence-corrected chi connectivity index (χ2v) is 10.3. The van der Waals surface area contributed by atoms with Gasteiger partial charge in [-0.25, -0.2) is 4.39 Å². The van der Waals surface area contributed by atoms with Crippen molar-refractivity contribution in [3.8, 4) is 0 Å². The Morgan fingerprint density at radius 1 is 0.971 bits per heavy atom. The van der Waals surface area contributed by atoms with Crippen LogP contribution in [-0.4, -0.2) is 31.2 Å². The molecule has 2 aliphatic rings. The molecule has 3 aromatic rings. The molecule has 1 aliphatic heterocycles. The van der Waals surface area contributed by atoms with E-state index in [2.05, 4.69) is 54.3 Å². The fraction of sp³-hybridized carbons (Fsp3) is 0.355. The zero-order chi connectivity index (χ0) is 24.4. The third-order valence-electron chi connectivity index (χ3n) is 7.50. The minimum Gasteiger partial charge on any atom is -0.302 e. The predicted octanol–water partition coefficient (Wildman–Crippen LogP) is 8.25. The van der Waals surface area contributed by atoms with Gasteiger partial charge in [-0.15, -0.1) is 0 Å². The van der Waals surface area contributed by atoms with Crippen molar-refractivity contribution in [3.63, 3.8) is 0 Å². The third-order valence-corrected chi connectivity index (χ3v) is 7.74. The second kappa shape index (κ2) is 10.6. The average Bonchev–Trinajstić information content (AvgIpc) is 3.03. The van der Waals surface area contributed by atoms with Gasteiger partial charge in [0.25, 0.3) is 0 Å². The molecule has 1 saturated heterocycles. The molecular weight excluding hydrogens is 460 g/mol. The first-order valence-corrected chi connectivity index (χ1v) is 13.0. The maximum atomic E-state index is 15.3. The van der Waals surface area contributed by atoms with Crippen LogP contribution >= 0.6 is 11.6 Å². The van der Waals surface area contributed by atoms with E-state index in [1.54, 1.807) is 0 Å². The van der Waals surface area contributed by atoms with Crippen LogP contribution < -0.4 is 0 Å². The Morgan fingerprint density at radius 2 is 1.74 bits per heavy atom. The van der Waals surface area contributed by atoms with Crippen LogP contribution in [0.25, 0.3) is 11.1 Å². The Balaban J connectivity index is 1.49. The number of hydrogen-bond donors (Lipinski definition) is 0. The third kappa shape index (κ3) is 5.08. The summed E-state index contributed by atoms with van der Waals surface area (Å²) in [7, 11) is 0. The van der Waals surface area contributed by atoms with E-state index in [0.717, 1.165) is 42.0 Å². The lowest BCUT2D eigenvalue weighted by Crippen LogP contribution is -2.48. The molecule has 1 atom stereocenters. The lowest BCUT2D eigenvalue weighted by molar-refractivity contribution is 0.0364. The fourth-order valence-electron chi connectivity index (χ4n) is 5.66. The standard InChI is InChI=1S/C31H32ClF2N/c1-21-18-26(32)14-15-27(21)29-9-4-7-22-6-2-3-8-28(22)30(29)23-10-12-24(13-11-23)31(34)25-19-35(20-25)17-5-16-33/h2-3,6,8,10-15,18,25,31H,4-5,7,9,16-17,19-20H2,1H3. The van der Waals surface area contributed by atoms with Crippen molar-refractivity contribution in [1.82, 2.24) is 4.90 Å². The van der Waals surface area contributed by atoms with Gasteiger partial charge in [0, 0.05) is 30.6 Å². The van der Waals surface area contributed by atoms with Crippen molar-refractivity contribution < 1.29 is 8.78 Å². The molecule has 1 heterocycles. The van der Waals surface area contributed by atoms with Crippen molar-refractivity contribution in [2.45, 2.75) is 38.8 Å². The van der Waals surface area contributed by atoms with Gasteiger partial charge in [-0.3, -0.25) is 4.39 Å². The zero-order valence-electron chi connectivity index (χ0n) is 20.2. The van der Waals surface area contributed by atoms with Crippen molar-refractivity contribution in [1.29, 1.82) is 0 Å². The number of aryl methyl sites for hydroxylation is 2. The van der Waals surface area contributed by atoms with Gasteiger partial charge in [0.1, 0.15) is 6.17 Å². The number of halogens is 3. The number of allylic oxidation sites excluding steroid dienone is 1. The summed E-state index contributed by atoms with van der Waals surface area (Å²) in [5.41, 5.74) is 9.46. The first-order chi connectivity index (χ1) is 17.0. The molecule has 0 N–H and O–H groups in total. The van der Waals surface area contributed by atoms with E-state index < -0.39 is 6.17 Å². The van der Waals surface area contributed by atoms with E-state index in [0.29, 0.717) is 19.5 Å². The smallest absolute Gasteiger partial charge is 0.130 e. The molecule has 1 nitrogen and oxygen atoms in total. The van der Waals surface area contributed by atoms with Gasteiger partial charge < -0.3 is 4.90 Å². The highest BCUT2D eigenvalue weighted by Gasteiger charge is 2.34. The number of hydrogen-bond acceptors (Lipinski definition) is 1. The van der Waals surface area contributed by atoms with Crippen molar-refractivity contribution >= 4 is 22.7 Å². The molecule has 182 valence electrons. The molecule has 1 unspecified atom stereocenters. The lowest BCUT2D eigenvalue weighted by atomic mass is 9.85. The number of fused-ring (bicyclic) bond motifs is 1. The first kappa shape index (κ1) is 24.2. The number of nitrogens with zero attached hydrogens (tertiary/aromatic N) is 1. The normalized spacial score (nSPS) is 17.6. The molecule has 0 radical (unpaired) electrons. The monoisotopic (exact) mass is 491 g/mol. The van der Waals surface area contributed by atoms with Gasteiger partial charge in [-0.2, -0.15) is 0 Å². The fourth-order valence-corrected chi connectivity index (χ4v) is 5.88. The van der Waals surface area contributed by atoms with Crippen LogP contribution in [0.1, 0.15) is 58.8 Å². The number of likely N-dealkylation sites (tertiary alicyclic amines) is 1. The van der Waals surface area contributed by atoms with E-state index in [9.17, 15) is 4.39 Å². The molecule has 0 saturated carbocycles. The highest BCUT2D eigenvalue weighted by molar-refractivity contribution is 6.30. The van der Waals surface area contributed by atoms with Gasteiger partial charge in [-0.1, -0.05) is 66.2 Å². The molecule has 1 aliphatic carbocycles. The summed E-state index contributed by atoms with van der Waals surface area (Å²) in [6.45, 7) is 3.95. The zero-order valence-corrected chi connectivity index (χ0v) is 21.0. The second-order valence-electron chi connectivity index (χ2n) is 9.91. The average molecular weight is 492 g/mol. The molecule has 3 aromatic carbocycles. The minimum absolute atomic E-state index is 0.00874. The molecule has 4 heteroatoms. The van der Waals surface area contributed by atoms with E-state index in [1.807, 2.05) is 24.3 Å². The first-order valence-electron chi connectivity index (χ1n) is 12.7. The van der Waals surface area contributed by atoms with Crippen molar-refractivity contribution in [2.24, 2.45) is 5.92 Å². The van der Waals surface area contributed by atoms with E-state index >= 15 is 4.39 Å². The Labute approximate surface area is 212 Å². The number of rotatable bonds is 7. The maximum absolute atomic E-state index is 15.3. The summed E-state index contributed by atoms with van der Waals surface area (Å²) in [5, 5.41) is 0.750. The summed E-state index contributed by atoms with van der Waals surface area (Å²) < 4.78 is 27.7. The van der Waals surface area contributed by atoms with Crippen LogP contribution in [0.4, 0.5) is 8.78 Å². The van der Waals surface area contributed by atoms with Crippen LogP contribution in [0.15, 0.2) is 66.7 Å².